The van der Waals surface area contributed by atoms with Crippen molar-refractivity contribution in [2.24, 2.45) is 4.99 Å². The van der Waals surface area contributed by atoms with Crippen LogP contribution < -0.4 is 0 Å². The summed E-state index contributed by atoms with van der Waals surface area (Å²) in [6.07, 6.45) is 1.46. The number of carbonyl (C=O) groups is 1. The van der Waals surface area contributed by atoms with E-state index in [0.717, 1.165) is 11.8 Å². The van der Waals surface area contributed by atoms with Crippen molar-refractivity contribution in [3.63, 3.8) is 0 Å². The minimum absolute atomic E-state index is 0.119. The van der Waals surface area contributed by atoms with E-state index in [0.29, 0.717) is 11.1 Å². The maximum absolute atomic E-state index is 12.5. The summed E-state index contributed by atoms with van der Waals surface area (Å²) >= 11 is 0. The van der Waals surface area contributed by atoms with Crippen molar-refractivity contribution < 1.29 is 15.0 Å². The molecular weight excluding hydrogens is 302 g/mol. The number of ketones is 1. The normalized spacial score (nSPS) is 10.8. The van der Waals surface area contributed by atoms with Gasteiger partial charge in [0.25, 0.3) is 0 Å². The van der Waals surface area contributed by atoms with Gasteiger partial charge in [-0.3, -0.25) is 9.79 Å². The molecule has 0 radical (unpaired) electrons. The first kappa shape index (κ1) is 15.5. The molecule has 0 saturated heterocycles. The zero-order chi connectivity index (χ0) is 16.9. The lowest BCUT2D eigenvalue weighted by Crippen LogP contribution is -2.02. The van der Waals surface area contributed by atoms with Crippen LogP contribution in [0.25, 0.3) is 0 Å². The molecule has 0 aliphatic heterocycles. The van der Waals surface area contributed by atoms with Crippen molar-refractivity contribution in [2.45, 2.75) is 0 Å². The number of hydrogen-bond donors (Lipinski definition) is 2. The average molecular weight is 317 g/mol. The van der Waals surface area contributed by atoms with Crippen LogP contribution in [0.15, 0.2) is 77.8 Å². The van der Waals surface area contributed by atoms with Gasteiger partial charge in [0.1, 0.15) is 11.5 Å². The van der Waals surface area contributed by atoms with Crippen LogP contribution in [0.1, 0.15) is 21.5 Å². The Kier molecular flexibility index (Phi) is 4.38. The quantitative estimate of drug-likeness (QED) is 0.562. The van der Waals surface area contributed by atoms with Crippen molar-refractivity contribution in [3.05, 3.63) is 89.5 Å². The van der Waals surface area contributed by atoms with Gasteiger partial charge in [-0.05, 0) is 18.2 Å². The largest absolute Gasteiger partial charge is 0.507 e. The number of aromatic hydroxyl groups is 2. The lowest BCUT2D eigenvalue weighted by atomic mass is 10.00. The van der Waals surface area contributed by atoms with E-state index in [9.17, 15) is 15.0 Å². The van der Waals surface area contributed by atoms with Crippen LogP contribution in [-0.2, 0) is 0 Å². The summed E-state index contributed by atoms with van der Waals surface area (Å²) in [6, 6.07) is 20.5. The van der Waals surface area contributed by atoms with E-state index in [4.69, 9.17) is 0 Å². The molecule has 0 unspecified atom stereocenters. The van der Waals surface area contributed by atoms with E-state index >= 15 is 0 Å². The maximum atomic E-state index is 12.5. The van der Waals surface area contributed by atoms with Crippen LogP contribution >= 0.6 is 0 Å². The highest BCUT2D eigenvalue weighted by atomic mass is 16.3. The number of phenolic OH excluding ortho intramolecular Hbond substituents is 2. The summed E-state index contributed by atoms with van der Waals surface area (Å²) in [6.45, 7) is 0. The Labute approximate surface area is 139 Å². The lowest BCUT2D eigenvalue weighted by Gasteiger charge is -2.07. The molecule has 0 aliphatic rings. The van der Waals surface area contributed by atoms with E-state index < -0.39 is 0 Å². The Balaban J connectivity index is 1.97. The Bertz CT molecular complexity index is 888. The predicted molar refractivity (Wildman–Crippen MR) is 93.3 cm³/mol. The Morgan fingerprint density at radius 1 is 0.833 bits per heavy atom. The van der Waals surface area contributed by atoms with Gasteiger partial charge in [0.15, 0.2) is 5.78 Å². The Hall–Kier alpha value is -3.40. The van der Waals surface area contributed by atoms with Gasteiger partial charge in [-0.15, -0.1) is 0 Å². The molecule has 0 saturated carbocycles. The molecule has 0 aromatic heterocycles. The number of hydrogen-bond acceptors (Lipinski definition) is 4. The van der Waals surface area contributed by atoms with E-state index in [-0.39, 0.29) is 22.8 Å². The second-order valence-corrected chi connectivity index (χ2v) is 5.22. The van der Waals surface area contributed by atoms with Crippen molar-refractivity contribution in [3.8, 4) is 11.5 Å². The van der Waals surface area contributed by atoms with Gasteiger partial charge in [0.05, 0.1) is 11.3 Å². The van der Waals surface area contributed by atoms with E-state index in [1.165, 1.54) is 12.3 Å². The Morgan fingerprint density at radius 2 is 1.46 bits per heavy atom. The Morgan fingerprint density at radius 3 is 2.12 bits per heavy atom. The molecule has 0 heterocycles. The second kappa shape index (κ2) is 6.79. The third kappa shape index (κ3) is 3.33. The highest BCUT2D eigenvalue weighted by Gasteiger charge is 2.16. The van der Waals surface area contributed by atoms with Crippen LogP contribution in [-0.4, -0.2) is 22.2 Å². The second-order valence-electron chi connectivity index (χ2n) is 5.22. The minimum Gasteiger partial charge on any atom is -0.507 e. The van der Waals surface area contributed by atoms with Gasteiger partial charge in [0, 0.05) is 23.4 Å². The monoisotopic (exact) mass is 317 g/mol. The first-order chi connectivity index (χ1) is 11.6. The fourth-order valence-electron chi connectivity index (χ4n) is 2.28. The molecular formula is C20H15NO3. The molecule has 0 amide bonds. The van der Waals surface area contributed by atoms with Crippen molar-refractivity contribution in [2.75, 3.05) is 0 Å². The van der Waals surface area contributed by atoms with Crippen LogP contribution in [0.5, 0.6) is 11.5 Å². The van der Waals surface area contributed by atoms with Gasteiger partial charge >= 0.3 is 0 Å². The molecule has 24 heavy (non-hydrogen) atoms. The number of carbonyl (C=O) groups excluding carboxylic acids is 1. The lowest BCUT2D eigenvalue weighted by molar-refractivity contribution is 0.103. The van der Waals surface area contributed by atoms with Crippen molar-refractivity contribution in [1.82, 2.24) is 0 Å². The molecule has 4 heteroatoms. The molecule has 3 rings (SSSR count). The number of aliphatic imine (C=N–C) groups is 1. The number of benzene rings is 3. The van der Waals surface area contributed by atoms with Gasteiger partial charge in [-0.25, -0.2) is 0 Å². The maximum Gasteiger partial charge on any atom is 0.196 e. The molecule has 0 spiro atoms. The summed E-state index contributed by atoms with van der Waals surface area (Å²) in [5.41, 5.74) is 1.66. The minimum atomic E-state index is -0.317. The van der Waals surface area contributed by atoms with Crippen molar-refractivity contribution >= 4 is 17.7 Å². The van der Waals surface area contributed by atoms with Gasteiger partial charge < -0.3 is 10.2 Å². The summed E-state index contributed by atoms with van der Waals surface area (Å²) < 4.78 is 0. The van der Waals surface area contributed by atoms with Gasteiger partial charge in [-0.1, -0.05) is 48.5 Å². The third-order valence-electron chi connectivity index (χ3n) is 3.53. The van der Waals surface area contributed by atoms with Crippen LogP contribution in [0.4, 0.5) is 5.69 Å². The first-order valence-corrected chi connectivity index (χ1v) is 7.40. The first-order valence-electron chi connectivity index (χ1n) is 7.40. The average Bonchev–Trinajstić information content (AvgIpc) is 2.62. The molecule has 3 aromatic rings. The molecule has 0 bridgehead atoms. The number of rotatable bonds is 4. The van der Waals surface area contributed by atoms with Crippen LogP contribution in [0.2, 0.25) is 0 Å². The van der Waals surface area contributed by atoms with E-state index in [2.05, 4.69) is 4.99 Å². The summed E-state index contributed by atoms with van der Waals surface area (Å²) in [7, 11) is 0. The van der Waals surface area contributed by atoms with Crippen LogP contribution in [0.3, 0.4) is 0 Å². The highest BCUT2D eigenvalue weighted by molar-refractivity contribution is 6.11. The molecule has 118 valence electrons. The number of phenols is 2. The van der Waals surface area contributed by atoms with Gasteiger partial charge in [-0.2, -0.15) is 0 Å². The number of nitrogens with zero attached hydrogens (tertiary/aromatic N) is 1. The topological polar surface area (TPSA) is 69.9 Å². The highest BCUT2D eigenvalue weighted by Crippen LogP contribution is 2.28. The molecule has 0 atom stereocenters. The molecule has 0 fully saturated rings. The molecule has 2 N–H and O–H groups in total. The standard InChI is InChI=1S/C20H15NO3/c22-18-12-19(23)17(20(24)14-7-3-1-4-8-14)11-15(18)13-21-16-9-5-2-6-10-16/h1-13,22-23H. The summed E-state index contributed by atoms with van der Waals surface area (Å²) in [5, 5.41) is 20.0. The predicted octanol–water partition coefficient (Wildman–Crippen LogP) is 4.08. The summed E-state index contributed by atoms with van der Waals surface area (Å²) in [5.74, 6) is -0.725. The SMILES string of the molecule is O=C(c1ccccc1)c1cc(C=Nc2ccccc2)c(O)cc1O. The van der Waals surface area contributed by atoms with Gasteiger partial charge in [0.2, 0.25) is 0 Å². The molecule has 0 aliphatic carbocycles. The fraction of sp³-hybridized carbons (Fsp3) is 0. The molecule has 4 nitrogen and oxygen atoms in total. The van der Waals surface area contributed by atoms with Crippen LogP contribution in [0, 0.1) is 0 Å². The molecule has 3 aromatic carbocycles. The summed E-state index contributed by atoms with van der Waals surface area (Å²) in [4.78, 5) is 16.8. The zero-order valence-electron chi connectivity index (χ0n) is 12.8. The number of para-hydroxylation sites is 1. The van der Waals surface area contributed by atoms with E-state index in [1.807, 2.05) is 36.4 Å². The third-order valence-corrected chi connectivity index (χ3v) is 3.53. The smallest absolute Gasteiger partial charge is 0.196 e. The van der Waals surface area contributed by atoms with E-state index in [1.54, 1.807) is 24.3 Å². The fourth-order valence-corrected chi connectivity index (χ4v) is 2.28. The zero-order valence-corrected chi connectivity index (χ0v) is 12.8. The van der Waals surface area contributed by atoms with Crippen molar-refractivity contribution in [1.29, 1.82) is 0 Å².